The van der Waals surface area contributed by atoms with Crippen LogP contribution in [0.5, 0.6) is 0 Å². The van der Waals surface area contributed by atoms with Crippen LogP contribution in [0.15, 0.2) is 48.5 Å². The molecule has 0 aliphatic carbocycles. The van der Waals surface area contributed by atoms with Gasteiger partial charge in [-0.25, -0.2) is 0 Å². The standard InChI is InChI=1S/C18H20Cl2N2O/c1-13(16-8-7-15(19)11-17(16)20)22-12-18(23)21-10-9-14-5-3-2-4-6-14/h2-8,11,13,22H,9-10,12H2,1H3,(H,21,23)/p+1/t13-/m0/s1. The lowest BCUT2D eigenvalue weighted by molar-refractivity contribution is -0.682. The van der Waals surface area contributed by atoms with Crippen molar-refractivity contribution >= 4 is 29.1 Å². The Hall–Kier alpha value is -1.55. The molecule has 0 spiro atoms. The first-order chi connectivity index (χ1) is 11.1. The van der Waals surface area contributed by atoms with Gasteiger partial charge >= 0.3 is 0 Å². The van der Waals surface area contributed by atoms with Gasteiger partial charge in [0.25, 0.3) is 5.91 Å². The molecule has 0 aliphatic heterocycles. The fourth-order valence-electron chi connectivity index (χ4n) is 2.34. The zero-order valence-corrected chi connectivity index (χ0v) is 14.6. The van der Waals surface area contributed by atoms with Gasteiger partial charge in [0.1, 0.15) is 6.04 Å². The number of hydrogen-bond acceptors (Lipinski definition) is 1. The van der Waals surface area contributed by atoms with Crippen LogP contribution in [0.4, 0.5) is 0 Å². The summed E-state index contributed by atoms with van der Waals surface area (Å²) in [5.74, 6) is 0.0258. The molecule has 0 aliphatic rings. The van der Waals surface area contributed by atoms with Crippen molar-refractivity contribution in [3.63, 3.8) is 0 Å². The average Bonchev–Trinajstić information content (AvgIpc) is 2.53. The number of benzene rings is 2. The number of halogens is 2. The van der Waals surface area contributed by atoms with Crippen molar-refractivity contribution in [3.05, 3.63) is 69.7 Å². The third-order valence-electron chi connectivity index (χ3n) is 3.69. The third kappa shape index (κ3) is 5.87. The van der Waals surface area contributed by atoms with E-state index in [1.807, 2.05) is 42.6 Å². The van der Waals surface area contributed by atoms with E-state index in [0.717, 1.165) is 12.0 Å². The largest absolute Gasteiger partial charge is 0.351 e. The van der Waals surface area contributed by atoms with Crippen molar-refractivity contribution < 1.29 is 10.1 Å². The van der Waals surface area contributed by atoms with Crippen LogP contribution < -0.4 is 10.6 Å². The molecular formula is C18H21Cl2N2O+. The zero-order valence-electron chi connectivity index (χ0n) is 13.1. The van der Waals surface area contributed by atoms with Crippen molar-refractivity contribution in [2.75, 3.05) is 13.1 Å². The Kier molecular flexibility index (Phi) is 6.90. The molecular weight excluding hydrogens is 331 g/mol. The molecule has 122 valence electrons. The highest BCUT2D eigenvalue weighted by Crippen LogP contribution is 2.24. The summed E-state index contributed by atoms with van der Waals surface area (Å²) in [6, 6.07) is 15.6. The molecule has 0 unspecified atom stereocenters. The summed E-state index contributed by atoms with van der Waals surface area (Å²) in [6.07, 6.45) is 0.838. The van der Waals surface area contributed by atoms with Gasteiger partial charge in [0.05, 0.1) is 5.02 Å². The molecule has 3 nitrogen and oxygen atoms in total. The number of carbonyl (C=O) groups is 1. The second kappa shape index (κ2) is 8.92. The highest BCUT2D eigenvalue weighted by atomic mass is 35.5. The van der Waals surface area contributed by atoms with E-state index in [-0.39, 0.29) is 11.9 Å². The van der Waals surface area contributed by atoms with Crippen molar-refractivity contribution in [1.82, 2.24) is 5.32 Å². The molecule has 2 aromatic rings. The van der Waals surface area contributed by atoms with Gasteiger partial charge in [0, 0.05) is 17.1 Å². The Labute approximate surface area is 147 Å². The first-order valence-electron chi connectivity index (χ1n) is 7.65. The van der Waals surface area contributed by atoms with E-state index in [2.05, 4.69) is 17.4 Å². The SMILES string of the molecule is C[C@H]([NH2+]CC(=O)NCCc1ccccc1)c1ccc(Cl)cc1Cl. The van der Waals surface area contributed by atoms with E-state index in [4.69, 9.17) is 23.2 Å². The maximum Gasteiger partial charge on any atom is 0.275 e. The summed E-state index contributed by atoms with van der Waals surface area (Å²) < 4.78 is 0. The Morgan fingerprint density at radius 1 is 1.17 bits per heavy atom. The zero-order chi connectivity index (χ0) is 16.7. The molecule has 0 aromatic heterocycles. The van der Waals surface area contributed by atoms with Gasteiger partial charge in [-0.1, -0.05) is 59.6 Å². The number of rotatable bonds is 7. The number of amides is 1. The number of quaternary nitrogens is 1. The van der Waals surface area contributed by atoms with E-state index in [1.54, 1.807) is 6.07 Å². The summed E-state index contributed by atoms with van der Waals surface area (Å²) in [6.45, 7) is 3.04. The average molecular weight is 352 g/mol. The quantitative estimate of drug-likeness (QED) is 0.791. The van der Waals surface area contributed by atoms with Crippen molar-refractivity contribution in [3.8, 4) is 0 Å². The third-order valence-corrected chi connectivity index (χ3v) is 4.25. The molecule has 0 fully saturated rings. The summed E-state index contributed by atoms with van der Waals surface area (Å²) in [7, 11) is 0. The normalized spacial score (nSPS) is 12.0. The molecule has 0 heterocycles. The number of carbonyl (C=O) groups excluding carboxylic acids is 1. The molecule has 3 N–H and O–H groups in total. The first-order valence-corrected chi connectivity index (χ1v) is 8.41. The van der Waals surface area contributed by atoms with Gasteiger partial charge in [0.15, 0.2) is 6.54 Å². The van der Waals surface area contributed by atoms with Crippen molar-refractivity contribution in [1.29, 1.82) is 0 Å². The molecule has 0 saturated heterocycles. The molecule has 2 rings (SSSR count). The summed E-state index contributed by atoms with van der Waals surface area (Å²) >= 11 is 12.1. The van der Waals surface area contributed by atoms with Crippen LogP contribution in [0.3, 0.4) is 0 Å². The minimum Gasteiger partial charge on any atom is -0.351 e. The molecule has 1 amide bonds. The molecule has 1 atom stereocenters. The van der Waals surface area contributed by atoms with Crippen LogP contribution in [-0.4, -0.2) is 19.0 Å². The van der Waals surface area contributed by atoms with Crippen LogP contribution in [0.2, 0.25) is 10.0 Å². The van der Waals surface area contributed by atoms with Gasteiger partial charge < -0.3 is 10.6 Å². The Balaban J connectivity index is 1.73. The number of nitrogens with one attached hydrogen (secondary N) is 1. The van der Waals surface area contributed by atoms with Crippen molar-refractivity contribution in [2.45, 2.75) is 19.4 Å². The molecule has 0 saturated carbocycles. The monoisotopic (exact) mass is 351 g/mol. The lowest BCUT2D eigenvalue weighted by Gasteiger charge is -2.13. The van der Waals surface area contributed by atoms with E-state index in [1.165, 1.54) is 5.56 Å². The predicted octanol–water partition coefficient (Wildman–Crippen LogP) is 2.98. The highest BCUT2D eigenvalue weighted by molar-refractivity contribution is 6.35. The smallest absolute Gasteiger partial charge is 0.275 e. The van der Waals surface area contributed by atoms with Gasteiger partial charge in [-0.2, -0.15) is 0 Å². The lowest BCUT2D eigenvalue weighted by Crippen LogP contribution is -2.87. The number of nitrogens with two attached hydrogens (primary N) is 1. The Morgan fingerprint density at radius 2 is 1.91 bits per heavy atom. The van der Waals surface area contributed by atoms with Crippen LogP contribution >= 0.6 is 23.2 Å². The van der Waals surface area contributed by atoms with E-state index in [0.29, 0.717) is 23.1 Å². The lowest BCUT2D eigenvalue weighted by atomic mass is 10.1. The van der Waals surface area contributed by atoms with E-state index in [9.17, 15) is 4.79 Å². The summed E-state index contributed by atoms with van der Waals surface area (Å²) in [4.78, 5) is 11.9. The van der Waals surface area contributed by atoms with Gasteiger partial charge in [-0.15, -0.1) is 0 Å². The molecule has 23 heavy (non-hydrogen) atoms. The molecule has 0 bridgehead atoms. The first kappa shape index (κ1) is 17.8. The van der Waals surface area contributed by atoms with Crippen LogP contribution in [0.25, 0.3) is 0 Å². The van der Waals surface area contributed by atoms with Gasteiger partial charge in [0.2, 0.25) is 0 Å². The maximum absolute atomic E-state index is 11.9. The van der Waals surface area contributed by atoms with Crippen LogP contribution in [0.1, 0.15) is 24.1 Å². The minimum absolute atomic E-state index is 0.0258. The fraction of sp³-hybridized carbons (Fsp3) is 0.278. The summed E-state index contributed by atoms with van der Waals surface area (Å²) in [5.41, 5.74) is 2.20. The Bertz CT molecular complexity index is 647. The predicted molar refractivity (Wildman–Crippen MR) is 94.8 cm³/mol. The molecule has 0 radical (unpaired) electrons. The molecule has 5 heteroatoms. The van der Waals surface area contributed by atoms with E-state index >= 15 is 0 Å². The minimum atomic E-state index is 0.0258. The maximum atomic E-state index is 11.9. The Morgan fingerprint density at radius 3 is 2.61 bits per heavy atom. The second-order valence-corrected chi connectivity index (χ2v) is 6.32. The fourth-order valence-corrected chi connectivity index (χ4v) is 2.93. The van der Waals surface area contributed by atoms with Gasteiger partial charge in [-0.05, 0) is 31.0 Å². The van der Waals surface area contributed by atoms with Crippen LogP contribution in [0, 0.1) is 0 Å². The molecule has 2 aromatic carbocycles. The topological polar surface area (TPSA) is 45.7 Å². The summed E-state index contributed by atoms with van der Waals surface area (Å²) in [5, 5.41) is 6.15. The van der Waals surface area contributed by atoms with Crippen LogP contribution in [-0.2, 0) is 11.2 Å². The van der Waals surface area contributed by atoms with Gasteiger partial charge in [-0.3, -0.25) is 4.79 Å². The van der Waals surface area contributed by atoms with E-state index < -0.39 is 0 Å². The second-order valence-electron chi connectivity index (χ2n) is 5.48. The van der Waals surface area contributed by atoms with Crippen molar-refractivity contribution in [2.24, 2.45) is 0 Å². The number of hydrogen-bond donors (Lipinski definition) is 2. The highest BCUT2D eigenvalue weighted by Gasteiger charge is 2.14.